The number of carbonyl (C=O) groups excluding carboxylic acids is 2. The van der Waals surface area contributed by atoms with E-state index in [0.717, 1.165) is 12.8 Å². The first kappa shape index (κ1) is 14.7. The summed E-state index contributed by atoms with van der Waals surface area (Å²) in [5.41, 5.74) is 0.287. The third kappa shape index (κ3) is 2.52. The van der Waals surface area contributed by atoms with Crippen molar-refractivity contribution in [3.05, 3.63) is 29.8 Å². The zero-order valence-electron chi connectivity index (χ0n) is 13.1. The van der Waals surface area contributed by atoms with Crippen LogP contribution in [-0.2, 0) is 14.3 Å². The van der Waals surface area contributed by atoms with Crippen LogP contribution in [0.2, 0.25) is 0 Å². The standard InChI is InChI=1S/C17H19NO5/c1-9(19)21-14-6-4-3-5-11(14)17(20)22-10-7-12-15-16(23-15)13(8-10)18(12)2/h3-6,10,12-13,15-16H,7-8H2,1-2H3. The van der Waals surface area contributed by atoms with Gasteiger partial charge in [0.2, 0.25) is 0 Å². The Morgan fingerprint density at radius 3 is 2.48 bits per heavy atom. The van der Waals surface area contributed by atoms with Gasteiger partial charge in [-0.3, -0.25) is 9.69 Å². The fourth-order valence-corrected chi connectivity index (χ4v) is 3.89. The Balaban J connectivity index is 1.46. The number of epoxide rings is 1. The maximum atomic E-state index is 12.5. The fourth-order valence-electron chi connectivity index (χ4n) is 3.89. The number of piperidine rings is 1. The molecule has 4 unspecified atom stereocenters. The number of hydrogen-bond donors (Lipinski definition) is 0. The van der Waals surface area contributed by atoms with Gasteiger partial charge in [0.15, 0.2) is 0 Å². The van der Waals surface area contributed by atoms with Gasteiger partial charge in [-0.25, -0.2) is 4.79 Å². The second-order valence-electron chi connectivity index (χ2n) is 6.45. The minimum Gasteiger partial charge on any atom is -0.459 e. The number of likely N-dealkylation sites (N-methyl/N-ethyl adjacent to an activating group) is 1. The average molecular weight is 317 g/mol. The molecular formula is C17H19NO5. The molecule has 0 aliphatic carbocycles. The highest BCUT2D eigenvalue weighted by atomic mass is 16.6. The lowest BCUT2D eigenvalue weighted by Gasteiger charge is -2.37. The highest BCUT2D eigenvalue weighted by Gasteiger charge is 2.62. The number of ether oxygens (including phenoxy) is 3. The SMILES string of the molecule is CC(=O)Oc1ccccc1C(=O)OC1CC2C3OC3C(C1)N2C. The number of morpholine rings is 1. The van der Waals surface area contributed by atoms with E-state index in [-0.39, 0.29) is 17.4 Å². The Labute approximate surface area is 134 Å². The van der Waals surface area contributed by atoms with E-state index in [1.807, 2.05) is 0 Å². The molecule has 23 heavy (non-hydrogen) atoms. The van der Waals surface area contributed by atoms with Crippen molar-refractivity contribution in [2.75, 3.05) is 7.05 Å². The van der Waals surface area contributed by atoms with E-state index in [1.54, 1.807) is 24.3 Å². The summed E-state index contributed by atoms with van der Waals surface area (Å²) in [5.74, 6) is -0.655. The predicted molar refractivity (Wildman–Crippen MR) is 80.2 cm³/mol. The molecule has 2 bridgehead atoms. The van der Waals surface area contributed by atoms with E-state index in [1.165, 1.54) is 6.92 Å². The number of benzene rings is 1. The van der Waals surface area contributed by atoms with E-state index in [2.05, 4.69) is 11.9 Å². The van der Waals surface area contributed by atoms with E-state index in [0.29, 0.717) is 24.3 Å². The summed E-state index contributed by atoms with van der Waals surface area (Å²) >= 11 is 0. The van der Waals surface area contributed by atoms with Crippen LogP contribution in [0.25, 0.3) is 0 Å². The van der Waals surface area contributed by atoms with Crippen LogP contribution in [0.3, 0.4) is 0 Å². The number of carbonyl (C=O) groups is 2. The van der Waals surface area contributed by atoms with Crippen molar-refractivity contribution >= 4 is 11.9 Å². The molecule has 122 valence electrons. The van der Waals surface area contributed by atoms with Gasteiger partial charge in [0.1, 0.15) is 29.6 Å². The third-order valence-corrected chi connectivity index (χ3v) is 5.01. The second-order valence-corrected chi connectivity index (χ2v) is 6.45. The molecule has 3 aliphatic rings. The largest absolute Gasteiger partial charge is 0.459 e. The summed E-state index contributed by atoms with van der Waals surface area (Å²) in [6.45, 7) is 1.31. The minimum atomic E-state index is -0.458. The lowest BCUT2D eigenvalue weighted by molar-refractivity contribution is -0.131. The zero-order valence-corrected chi connectivity index (χ0v) is 13.1. The molecule has 0 amide bonds. The van der Waals surface area contributed by atoms with Gasteiger partial charge in [0, 0.05) is 31.8 Å². The average Bonchev–Trinajstić information content (AvgIpc) is 3.25. The smallest absolute Gasteiger partial charge is 0.342 e. The summed E-state index contributed by atoms with van der Waals surface area (Å²) in [5, 5.41) is 0. The summed E-state index contributed by atoms with van der Waals surface area (Å²) in [4.78, 5) is 26.0. The van der Waals surface area contributed by atoms with Crippen molar-refractivity contribution < 1.29 is 23.8 Å². The van der Waals surface area contributed by atoms with Crippen molar-refractivity contribution in [3.8, 4) is 5.75 Å². The summed E-state index contributed by atoms with van der Waals surface area (Å²) in [6.07, 6.45) is 2.07. The van der Waals surface area contributed by atoms with Crippen LogP contribution in [0.5, 0.6) is 5.75 Å². The van der Waals surface area contributed by atoms with Gasteiger partial charge >= 0.3 is 11.9 Å². The summed E-state index contributed by atoms with van der Waals surface area (Å²) < 4.78 is 16.4. The maximum Gasteiger partial charge on any atom is 0.342 e. The van der Waals surface area contributed by atoms with E-state index in [4.69, 9.17) is 14.2 Å². The van der Waals surface area contributed by atoms with Gasteiger partial charge in [-0.05, 0) is 19.2 Å². The third-order valence-electron chi connectivity index (χ3n) is 5.01. The van der Waals surface area contributed by atoms with Gasteiger partial charge in [-0.15, -0.1) is 0 Å². The molecule has 3 fully saturated rings. The molecular weight excluding hydrogens is 298 g/mol. The quantitative estimate of drug-likeness (QED) is 0.477. The highest BCUT2D eigenvalue weighted by molar-refractivity contribution is 5.93. The predicted octanol–water partition coefficient (Wildman–Crippen LogP) is 1.38. The minimum absolute atomic E-state index is 0.115. The highest BCUT2D eigenvalue weighted by Crippen LogP contribution is 2.48. The maximum absolute atomic E-state index is 12.5. The van der Waals surface area contributed by atoms with Gasteiger partial charge < -0.3 is 14.2 Å². The fraction of sp³-hybridized carbons (Fsp3) is 0.529. The molecule has 0 saturated carbocycles. The molecule has 0 radical (unpaired) electrons. The van der Waals surface area contributed by atoms with Gasteiger partial charge in [0.05, 0.1) is 0 Å². The monoisotopic (exact) mass is 317 g/mol. The second kappa shape index (κ2) is 5.32. The zero-order chi connectivity index (χ0) is 16.1. The number of nitrogens with zero attached hydrogens (tertiary/aromatic N) is 1. The van der Waals surface area contributed by atoms with Crippen LogP contribution >= 0.6 is 0 Å². The number of esters is 2. The van der Waals surface area contributed by atoms with Crippen LogP contribution in [0.15, 0.2) is 24.3 Å². The lowest BCUT2D eigenvalue weighted by Crippen LogP contribution is -2.47. The molecule has 1 aromatic rings. The van der Waals surface area contributed by atoms with E-state index in [9.17, 15) is 9.59 Å². The van der Waals surface area contributed by atoms with Crippen molar-refractivity contribution in [2.24, 2.45) is 0 Å². The Morgan fingerprint density at radius 2 is 1.83 bits per heavy atom. The number of rotatable bonds is 3. The Bertz CT molecular complexity index is 642. The molecule has 6 heteroatoms. The lowest BCUT2D eigenvalue weighted by atomic mass is 9.99. The topological polar surface area (TPSA) is 68.4 Å². The van der Waals surface area contributed by atoms with Crippen molar-refractivity contribution in [1.29, 1.82) is 0 Å². The molecule has 4 rings (SSSR count). The van der Waals surface area contributed by atoms with Crippen LogP contribution in [-0.4, -0.2) is 54.3 Å². The van der Waals surface area contributed by atoms with Crippen LogP contribution < -0.4 is 4.74 Å². The molecule has 4 atom stereocenters. The molecule has 6 nitrogen and oxygen atoms in total. The van der Waals surface area contributed by atoms with Gasteiger partial charge in [-0.1, -0.05) is 12.1 Å². The molecule has 1 aromatic carbocycles. The van der Waals surface area contributed by atoms with Crippen LogP contribution in [0.4, 0.5) is 0 Å². The van der Waals surface area contributed by atoms with Gasteiger partial charge in [-0.2, -0.15) is 0 Å². The molecule has 0 spiro atoms. The molecule has 0 aromatic heterocycles. The number of para-hydroxylation sites is 1. The number of fused-ring (bicyclic) bond motifs is 5. The first-order valence-electron chi connectivity index (χ1n) is 7.90. The molecule has 0 N–H and O–H groups in total. The number of hydrogen-bond acceptors (Lipinski definition) is 6. The first-order valence-corrected chi connectivity index (χ1v) is 7.90. The Kier molecular flexibility index (Phi) is 3.39. The summed E-state index contributed by atoms with van der Waals surface area (Å²) in [6, 6.07) is 7.32. The Morgan fingerprint density at radius 1 is 1.17 bits per heavy atom. The van der Waals surface area contributed by atoms with Crippen LogP contribution in [0.1, 0.15) is 30.1 Å². The molecule has 3 saturated heterocycles. The molecule has 3 aliphatic heterocycles. The van der Waals surface area contributed by atoms with Crippen molar-refractivity contribution in [1.82, 2.24) is 4.90 Å². The van der Waals surface area contributed by atoms with Crippen molar-refractivity contribution in [2.45, 2.75) is 50.2 Å². The van der Waals surface area contributed by atoms with Crippen molar-refractivity contribution in [3.63, 3.8) is 0 Å². The first-order chi connectivity index (χ1) is 11.0. The Hall–Kier alpha value is -1.92. The van der Waals surface area contributed by atoms with Gasteiger partial charge in [0.25, 0.3) is 0 Å². The van der Waals surface area contributed by atoms with E-state index >= 15 is 0 Å². The summed E-state index contributed by atoms with van der Waals surface area (Å²) in [7, 11) is 2.11. The molecule has 3 heterocycles. The normalized spacial score (nSPS) is 34.6. The van der Waals surface area contributed by atoms with Crippen LogP contribution in [0, 0.1) is 0 Å². The van der Waals surface area contributed by atoms with E-state index < -0.39 is 11.9 Å².